The molecule has 0 aliphatic rings. The number of furan rings is 1. The first-order chi connectivity index (χ1) is 9.20. The maximum atomic E-state index is 6.25. The predicted molar refractivity (Wildman–Crippen MR) is 79.5 cm³/mol. The third-order valence-corrected chi connectivity index (χ3v) is 3.99. The number of methoxy groups -OCH3 is 1. The first kappa shape index (κ1) is 14.0. The lowest BCUT2D eigenvalue weighted by Crippen LogP contribution is -2.14. The molecule has 1 aromatic carbocycles. The fraction of sp³-hybridized carbons (Fsp3) is 0.333. The molecule has 0 fully saturated rings. The van der Waals surface area contributed by atoms with Crippen molar-refractivity contribution >= 4 is 11.8 Å². The van der Waals surface area contributed by atoms with E-state index in [9.17, 15) is 0 Å². The monoisotopic (exact) mass is 277 g/mol. The summed E-state index contributed by atoms with van der Waals surface area (Å²) in [6.45, 7) is 2.06. The molecule has 0 radical (unpaired) electrons. The molecule has 0 aliphatic carbocycles. The third-order valence-electron chi connectivity index (χ3n) is 2.91. The highest BCUT2D eigenvalue weighted by molar-refractivity contribution is 7.98. The van der Waals surface area contributed by atoms with Gasteiger partial charge in [-0.2, -0.15) is 11.8 Å². The fourth-order valence-corrected chi connectivity index (χ4v) is 2.83. The number of hydrogen-bond acceptors (Lipinski definition) is 4. The lowest BCUT2D eigenvalue weighted by molar-refractivity contribution is 0.407. The van der Waals surface area contributed by atoms with Gasteiger partial charge in [0.05, 0.1) is 19.1 Å². The van der Waals surface area contributed by atoms with Crippen LogP contribution < -0.4 is 10.5 Å². The van der Waals surface area contributed by atoms with E-state index in [0.717, 1.165) is 28.6 Å². The molecular formula is C15H19NO2S. The molecular weight excluding hydrogens is 258 g/mol. The minimum absolute atomic E-state index is 0.0326. The molecule has 0 saturated heterocycles. The third kappa shape index (κ3) is 3.78. The van der Waals surface area contributed by atoms with Gasteiger partial charge in [0.2, 0.25) is 0 Å². The van der Waals surface area contributed by atoms with Gasteiger partial charge in [0, 0.05) is 17.4 Å². The maximum absolute atomic E-state index is 6.25. The lowest BCUT2D eigenvalue weighted by Gasteiger charge is -2.16. The van der Waals surface area contributed by atoms with E-state index < -0.39 is 0 Å². The van der Waals surface area contributed by atoms with E-state index in [1.54, 1.807) is 25.1 Å². The molecule has 0 spiro atoms. The fourth-order valence-electron chi connectivity index (χ4n) is 1.91. The van der Waals surface area contributed by atoms with Gasteiger partial charge in [-0.25, -0.2) is 0 Å². The summed E-state index contributed by atoms with van der Waals surface area (Å²) in [5, 5.41) is 0. The molecule has 102 valence electrons. The van der Waals surface area contributed by atoms with E-state index in [4.69, 9.17) is 14.9 Å². The highest BCUT2D eigenvalue weighted by Crippen LogP contribution is 2.28. The van der Waals surface area contributed by atoms with E-state index in [1.165, 1.54) is 5.56 Å². The maximum Gasteiger partial charge on any atom is 0.123 e. The molecule has 1 unspecified atom stereocenters. The normalized spacial score (nSPS) is 12.4. The minimum Gasteiger partial charge on any atom is -0.496 e. The molecule has 0 amide bonds. The molecule has 0 aliphatic heterocycles. The Bertz CT molecular complexity index is 511. The van der Waals surface area contributed by atoms with Gasteiger partial charge in [-0.1, -0.05) is 17.7 Å². The Morgan fingerprint density at radius 3 is 2.89 bits per heavy atom. The average Bonchev–Trinajstić information content (AvgIpc) is 2.91. The summed E-state index contributed by atoms with van der Waals surface area (Å²) in [5.74, 6) is 3.51. The van der Waals surface area contributed by atoms with Crippen LogP contribution in [0.1, 0.15) is 22.9 Å². The van der Waals surface area contributed by atoms with Crippen molar-refractivity contribution in [1.82, 2.24) is 0 Å². The molecule has 2 aromatic rings. The number of hydrogen-bond donors (Lipinski definition) is 1. The van der Waals surface area contributed by atoms with E-state index in [2.05, 4.69) is 13.0 Å². The van der Waals surface area contributed by atoms with Crippen molar-refractivity contribution in [2.75, 3.05) is 12.9 Å². The van der Waals surface area contributed by atoms with Gasteiger partial charge in [-0.3, -0.25) is 0 Å². The number of nitrogens with two attached hydrogens (primary N) is 1. The van der Waals surface area contributed by atoms with E-state index in [0.29, 0.717) is 0 Å². The predicted octanol–water partition coefficient (Wildman–Crippen LogP) is 3.53. The number of aryl methyl sites for hydroxylation is 1. The van der Waals surface area contributed by atoms with Crippen molar-refractivity contribution in [3.05, 3.63) is 53.5 Å². The SMILES string of the molecule is COc1ccc(C)cc1C(N)CSCc1ccco1. The van der Waals surface area contributed by atoms with Crippen molar-refractivity contribution in [3.63, 3.8) is 0 Å². The van der Waals surface area contributed by atoms with Crippen LogP contribution >= 0.6 is 11.8 Å². The van der Waals surface area contributed by atoms with Crippen molar-refractivity contribution in [1.29, 1.82) is 0 Å². The van der Waals surface area contributed by atoms with Gasteiger partial charge in [0.15, 0.2) is 0 Å². The largest absolute Gasteiger partial charge is 0.496 e. The van der Waals surface area contributed by atoms with Crippen LogP contribution in [0, 0.1) is 6.92 Å². The summed E-state index contributed by atoms with van der Waals surface area (Å²) in [5.41, 5.74) is 8.51. The van der Waals surface area contributed by atoms with Crippen molar-refractivity contribution in [2.45, 2.75) is 18.7 Å². The Balaban J connectivity index is 1.95. The van der Waals surface area contributed by atoms with Crippen LogP contribution in [0.4, 0.5) is 0 Å². The Kier molecular flexibility index (Phi) is 4.93. The lowest BCUT2D eigenvalue weighted by atomic mass is 10.1. The molecule has 0 bridgehead atoms. The Hall–Kier alpha value is -1.39. The van der Waals surface area contributed by atoms with Gasteiger partial charge < -0.3 is 14.9 Å². The van der Waals surface area contributed by atoms with Crippen LogP contribution in [0.3, 0.4) is 0 Å². The zero-order valence-electron chi connectivity index (χ0n) is 11.3. The highest BCUT2D eigenvalue weighted by atomic mass is 32.2. The number of thioether (sulfide) groups is 1. The van der Waals surface area contributed by atoms with Crippen LogP contribution in [-0.4, -0.2) is 12.9 Å². The van der Waals surface area contributed by atoms with Crippen LogP contribution in [0.5, 0.6) is 5.75 Å². The van der Waals surface area contributed by atoms with E-state index in [1.807, 2.05) is 24.3 Å². The minimum atomic E-state index is -0.0326. The molecule has 19 heavy (non-hydrogen) atoms. The quantitative estimate of drug-likeness (QED) is 0.877. The molecule has 2 rings (SSSR count). The summed E-state index contributed by atoms with van der Waals surface area (Å²) in [4.78, 5) is 0. The van der Waals surface area contributed by atoms with Crippen LogP contribution in [-0.2, 0) is 5.75 Å². The van der Waals surface area contributed by atoms with Crippen LogP contribution in [0.2, 0.25) is 0 Å². The second-order valence-electron chi connectivity index (χ2n) is 4.45. The van der Waals surface area contributed by atoms with E-state index >= 15 is 0 Å². The van der Waals surface area contributed by atoms with Gasteiger partial charge in [-0.05, 0) is 25.1 Å². The molecule has 0 saturated carbocycles. The Morgan fingerprint density at radius 1 is 1.37 bits per heavy atom. The van der Waals surface area contributed by atoms with E-state index in [-0.39, 0.29) is 6.04 Å². The van der Waals surface area contributed by atoms with Gasteiger partial charge in [-0.15, -0.1) is 0 Å². The Morgan fingerprint density at radius 2 is 2.21 bits per heavy atom. The number of rotatable bonds is 6. The molecule has 1 heterocycles. The van der Waals surface area contributed by atoms with Crippen molar-refractivity contribution in [3.8, 4) is 5.75 Å². The second kappa shape index (κ2) is 6.68. The molecule has 1 aromatic heterocycles. The first-order valence-corrected chi connectivity index (χ1v) is 7.36. The molecule has 1 atom stereocenters. The van der Waals surface area contributed by atoms with Crippen molar-refractivity contribution < 1.29 is 9.15 Å². The van der Waals surface area contributed by atoms with Gasteiger partial charge in [0.25, 0.3) is 0 Å². The first-order valence-electron chi connectivity index (χ1n) is 6.21. The van der Waals surface area contributed by atoms with Crippen LogP contribution in [0.25, 0.3) is 0 Å². The second-order valence-corrected chi connectivity index (χ2v) is 5.48. The molecule has 4 heteroatoms. The Labute approximate surface area is 118 Å². The van der Waals surface area contributed by atoms with Crippen LogP contribution in [0.15, 0.2) is 41.0 Å². The summed E-state index contributed by atoms with van der Waals surface area (Å²) >= 11 is 1.76. The van der Waals surface area contributed by atoms with Gasteiger partial charge >= 0.3 is 0 Å². The topological polar surface area (TPSA) is 48.4 Å². The number of benzene rings is 1. The summed E-state index contributed by atoms with van der Waals surface area (Å²) in [6, 6.07) is 9.95. The van der Waals surface area contributed by atoms with Gasteiger partial charge in [0.1, 0.15) is 11.5 Å². The standard InChI is InChI=1S/C15H19NO2S/c1-11-5-6-15(17-2)13(8-11)14(16)10-19-9-12-4-3-7-18-12/h3-8,14H,9-10,16H2,1-2H3. The van der Waals surface area contributed by atoms with Crippen molar-refractivity contribution in [2.24, 2.45) is 5.73 Å². The highest BCUT2D eigenvalue weighted by Gasteiger charge is 2.12. The average molecular weight is 277 g/mol. The zero-order chi connectivity index (χ0) is 13.7. The molecule has 2 N–H and O–H groups in total. The zero-order valence-corrected chi connectivity index (χ0v) is 12.1. The smallest absolute Gasteiger partial charge is 0.123 e. The summed E-state index contributed by atoms with van der Waals surface area (Å²) < 4.78 is 10.7. The summed E-state index contributed by atoms with van der Waals surface area (Å²) in [7, 11) is 1.68. The summed E-state index contributed by atoms with van der Waals surface area (Å²) in [6.07, 6.45) is 1.69. The number of ether oxygens (including phenoxy) is 1. The molecule has 3 nitrogen and oxygen atoms in total.